The normalized spacial score (nSPS) is 21.2. The number of nitrogen functional groups attached to an aromatic ring is 2. The molecule has 2 unspecified atom stereocenters. The van der Waals surface area contributed by atoms with E-state index in [9.17, 15) is 4.79 Å². The predicted molar refractivity (Wildman–Crippen MR) is 137 cm³/mol. The summed E-state index contributed by atoms with van der Waals surface area (Å²) in [5.74, 6) is 1.33. The SMILES string of the molecule is CNc1nc(-c2ccc(C(=N)N)c(N)c2)cc(N2CC(C(=O)NC3CCCCC3)CCC2C)n1. The molecule has 2 aliphatic rings. The van der Waals surface area contributed by atoms with Crippen molar-refractivity contribution < 1.29 is 4.79 Å². The van der Waals surface area contributed by atoms with E-state index in [-0.39, 0.29) is 23.7 Å². The highest BCUT2D eigenvalue weighted by atomic mass is 16.2. The Hall–Kier alpha value is -3.36. The summed E-state index contributed by atoms with van der Waals surface area (Å²) < 4.78 is 0. The molecule has 0 spiro atoms. The summed E-state index contributed by atoms with van der Waals surface area (Å²) in [4.78, 5) is 24.6. The third kappa shape index (κ3) is 5.24. The van der Waals surface area contributed by atoms with Crippen molar-refractivity contribution in [2.75, 3.05) is 29.5 Å². The first kappa shape index (κ1) is 23.8. The van der Waals surface area contributed by atoms with Gasteiger partial charge in [-0.15, -0.1) is 0 Å². The fourth-order valence-corrected chi connectivity index (χ4v) is 5.01. The Kier molecular flexibility index (Phi) is 7.19. The molecular formula is C25H36N8O. The van der Waals surface area contributed by atoms with Gasteiger partial charge in [0.05, 0.1) is 11.6 Å². The van der Waals surface area contributed by atoms with Crippen LogP contribution in [0.15, 0.2) is 24.3 Å². The number of hydrogen-bond acceptors (Lipinski definition) is 7. The molecule has 1 saturated heterocycles. The minimum Gasteiger partial charge on any atom is -0.398 e. The van der Waals surface area contributed by atoms with Crippen molar-refractivity contribution in [1.29, 1.82) is 5.41 Å². The van der Waals surface area contributed by atoms with Crippen LogP contribution in [-0.4, -0.2) is 47.4 Å². The number of carbonyl (C=O) groups excluding carboxylic acids is 1. The molecule has 7 N–H and O–H groups in total. The van der Waals surface area contributed by atoms with Gasteiger partial charge in [-0.3, -0.25) is 10.2 Å². The molecule has 1 aromatic carbocycles. The van der Waals surface area contributed by atoms with Crippen molar-refractivity contribution in [3.63, 3.8) is 0 Å². The first-order chi connectivity index (χ1) is 16.4. The second-order valence-electron chi connectivity index (χ2n) is 9.52. The Balaban J connectivity index is 1.57. The molecule has 4 rings (SSSR count). The van der Waals surface area contributed by atoms with E-state index in [1.807, 2.05) is 12.1 Å². The minimum absolute atomic E-state index is 0.0555. The van der Waals surface area contributed by atoms with Gasteiger partial charge < -0.3 is 27.0 Å². The number of anilines is 3. The second kappa shape index (κ2) is 10.3. The second-order valence-corrected chi connectivity index (χ2v) is 9.52. The van der Waals surface area contributed by atoms with Crippen LogP contribution in [0.5, 0.6) is 0 Å². The maximum Gasteiger partial charge on any atom is 0.225 e. The third-order valence-electron chi connectivity index (χ3n) is 7.07. The highest BCUT2D eigenvalue weighted by Crippen LogP contribution is 2.31. The quantitative estimate of drug-likeness (QED) is 0.251. The van der Waals surface area contributed by atoms with Gasteiger partial charge in [-0.2, -0.15) is 4.98 Å². The first-order valence-electron chi connectivity index (χ1n) is 12.2. The standard InChI is InChI=1S/C25H36N8O/c1-15-8-9-17(24(34)30-18-6-4-3-5-7-18)14-33(15)22-13-21(31-25(29-2)32-22)16-10-11-19(23(27)28)20(26)12-16/h10-13,15,17-18H,3-9,14,26H2,1-2H3,(H3,27,28)(H,30,34)(H,29,31,32). The van der Waals surface area contributed by atoms with Crippen LogP contribution in [0, 0.1) is 11.3 Å². The first-order valence-corrected chi connectivity index (χ1v) is 12.2. The number of rotatable bonds is 6. The number of benzene rings is 1. The van der Waals surface area contributed by atoms with Crippen molar-refractivity contribution in [3.05, 3.63) is 29.8 Å². The summed E-state index contributed by atoms with van der Waals surface area (Å²) in [6, 6.07) is 7.90. The maximum absolute atomic E-state index is 13.1. The molecule has 1 aliphatic carbocycles. The molecule has 1 aliphatic heterocycles. The summed E-state index contributed by atoms with van der Waals surface area (Å²) in [6.07, 6.45) is 7.66. The van der Waals surface area contributed by atoms with E-state index in [0.29, 0.717) is 29.8 Å². The third-order valence-corrected chi connectivity index (χ3v) is 7.07. The van der Waals surface area contributed by atoms with Crippen LogP contribution in [0.2, 0.25) is 0 Å². The molecular weight excluding hydrogens is 428 g/mol. The summed E-state index contributed by atoms with van der Waals surface area (Å²) in [6.45, 7) is 2.81. The summed E-state index contributed by atoms with van der Waals surface area (Å²) in [7, 11) is 1.79. The van der Waals surface area contributed by atoms with Crippen molar-refractivity contribution in [2.24, 2.45) is 11.7 Å². The van der Waals surface area contributed by atoms with Gasteiger partial charge in [0.1, 0.15) is 11.7 Å². The van der Waals surface area contributed by atoms with Crippen molar-refractivity contribution in [2.45, 2.75) is 64.0 Å². The van der Waals surface area contributed by atoms with Crippen LogP contribution in [0.1, 0.15) is 57.4 Å². The van der Waals surface area contributed by atoms with E-state index in [2.05, 4.69) is 27.4 Å². The lowest BCUT2D eigenvalue weighted by Crippen LogP contribution is -2.49. The van der Waals surface area contributed by atoms with Gasteiger partial charge in [0, 0.05) is 48.6 Å². The van der Waals surface area contributed by atoms with Gasteiger partial charge in [-0.1, -0.05) is 25.3 Å². The number of hydrogen-bond donors (Lipinski definition) is 5. The molecule has 1 saturated carbocycles. The van der Waals surface area contributed by atoms with Crippen LogP contribution >= 0.6 is 0 Å². The Morgan fingerprint density at radius 3 is 2.56 bits per heavy atom. The Labute approximate surface area is 201 Å². The van der Waals surface area contributed by atoms with E-state index in [4.69, 9.17) is 21.9 Å². The Bertz CT molecular complexity index is 1050. The lowest BCUT2D eigenvalue weighted by Gasteiger charge is -2.39. The maximum atomic E-state index is 13.1. The average molecular weight is 465 g/mol. The molecule has 9 heteroatoms. The molecule has 0 radical (unpaired) electrons. The zero-order valence-corrected chi connectivity index (χ0v) is 20.1. The van der Waals surface area contributed by atoms with Gasteiger partial charge >= 0.3 is 0 Å². The number of amides is 1. The molecule has 182 valence electrons. The number of nitrogens with one attached hydrogen (secondary N) is 3. The van der Waals surface area contributed by atoms with Gasteiger partial charge in [0.2, 0.25) is 11.9 Å². The number of aromatic nitrogens is 2. The zero-order valence-electron chi connectivity index (χ0n) is 20.1. The Morgan fingerprint density at radius 2 is 1.88 bits per heavy atom. The van der Waals surface area contributed by atoms with Crippen LogP contribution in [0.4, 0.5) is 17.5 Å². The fraction of sp³-hybridized carbons (Fsp3) is 0.520. The average Bonchev–Trinajstić information content (AvgIpc) is 2.84. The summed E-state index contributed by atoms with van der Waals surface area (Å²) in [5.41, 5.74) is 14.2. The van der Waals surface area contributed by atoms with E-state index in [0.717, 1.165) is 42.8 Å². The van der Waals surface area contributed by atoms with E-state index >= 15 is 0 Å². The molecule has 2 heterocycles. The molecule has 9 nitrogen and oxygen atoms in total. The van der Waals surface area contributed by atoms with Gasteiger partial charge in [-0.05, 0) is 44.7 Å². The van der Waals surface area contributed by atoms with Crippen LogP contribution in [-0.2, 0) is 4.79 Å². The molecule has 34 heavy (non-hydrogen) atoms. The van der Waals surface area contributed by atoms with E-state index in [1.165, 1.54) is 19.3 Å². The van der Waals surface area contributed by atoms with Crippen LogP contribution < -0.4 is 27.0 Å². The number of piperidine rings is 1. The lowest BCUT2D eigenvalue weighted by molar-refractivity contribution is -0.126. The number of nitrogens with two attached hydrogens (primary N) is 2. The number of nitrogens with zero attached hydrogens (tertiary/aromatic N) is 3. The molecule has 1 amide bonds. The van der Waals surface area contributed by atoms with Gasteiger partial charge in [0.15, 0.2) is 0 Å². The molecule has 2 aromatic rings. The molecule has 2 fully saturated rings. The summed E-state index contributed by atoms with van der Waals surface area (Å²) >= 11 is 0. The van der Waals surface area contributed by atoms with Crippen molar-refractivity contribution in [3.8, 4) is 11.3 Å². The van der Waals surface area contributed by atoms with Crippen molar-refractivity contribution in [1.82, 2.24) is 15.3 Å². The highest BCUT2D eigenvalue weighted by molar-refractivity contribution is 6.00. The van der Waals surface area contributed by atoms with Crippen molar-refractivity contribution >= 4 is 29.2 Å². The highest BCUT2D eigenvalue weighted by Gasteiger charge is 2.32. The van der Waals surface area contributed by atoms with Gasteiger partial charge in [-0.25, -0.2) is 4.98 Å². The zero-order chi connectivity index (χ0) is 24.2. The topological polar surface area (TPSA) is 146 Å². The smallest absolute Gasteiger partial charge is 0.225 e. The number of carbonyl (C=O) groups is 1. The van der Waals surface area contributed by atoms with E-state index < -0.39 is 0 Å². The van der Waals surface area contributed by atoms with Crippen LogP contribution in [0.3, 0.4) is 0 Å². The molecule has 1 aromatic heterocycles. The largest absolute Gasteiger partial charge is 0.398 e. The Morgan fingerprint density at radius 1 is 1.12 bits per heavy atom. The predicted octanol–water partition coefficient (Wildman–Crippen LogP) is 3.11. The van der Waals surface area contributed by atoms with Crippen LogP contribution in [0.25, 0.3) is 11.3 Å². The van der Waals surface area contributed by atoms with Gasteiger partial charge in [0.25, 0.3) is 0 Å². The van der Waals surface area contributed by atoms with E-state index in [1.54, 1.807) is 19.2 Å². The molecule has 0 bridgehead atoms. The minimum atomic E-state index is -0.0666. The monoisotopic (exact) mass is 464 g/mol. The summed E-state index contributed by atoms with van der Waals surface area (Å²) in [5, 5.41) is 14.0. The number of amidine groups is 1. The fourth-order valence-electron chi connectivity index (χ4n) is 5.01. The lowest BCUT2D eigenvalue weighted by atomic mass is 9.90. The molecule has 2 atom stereocenters.